The molecule has 0 radical (unpaired) electrons. The van der Waals surface area contributed by atoms with Crippen molar-refractivity contribution in [2.24, 2.45) is 7.05 Å². The summed E-state index contributed by atoms with van der Waals surface area (Å²) in [6.07, 6.45) is 8.91. The van der Waals surface area contributed by atoms with Crippen LogP contribution in [-0.4, -0.2) is 65.2 Å². The van der Waals surface area contributed by atoms with Gasteiger partial charge in [0.2, 0.25) is 5.65 Å². The Balaban J connectivity index is 1.50. The summed E-state index contributed by atoms with van der Waals surface area (Å²) < 4.78 is 15.2. The smallest absolute Gasteiger partial charge is 0.410 e. The van der Waals surface area contributed by atoms with Crippen LogP contribution >= 0.6 is 0 Å². The topological polar surface area (TPSA) is 99.7 Å². The highest BCUT2D eigenvalue weighted by Crippen LogP contribution is 2.25. The molecule has 1 aliphatic rings. The number of likely N-dealkylation sites (tertiary alicyclic amines) is 1. The van der Waals surface area contributed by atoms with Gasteiger partial charge in [0, 0.05) is 38.3 Å². The van der Waals surface area contributed by atoms with Crippen LogP contribution in [0.3, 0.4) is 0 Å². The van der Waals surface area contributed by atoms with Crippen molar-refractivity contribution in [3.8, 4) is 17.1 Å². The fourth-order valence-corrected chi connectivity index (χ4v) is 3.42. The summed E-state index contributed by atoms with van der Waals surface area (Å²) in [6.45, 7) is 6.85. The van der Waals surface area contributed by atoms with E-state index in [1.807, 2.05) is 40.2 Å². The zero-order chi connectivity index (χ0) is 21.3. The van der Waals surface area contributed by atoms with Crippen LogP contribution in [0.25, 0.3) is 16.9 Å². The highest BCUT2D eigenvalue weighted by Gasteiger charge is 2.26. The third-order valence-electron chi connectivity index (χ3n) is 4.84. The van der Waals surface area contributed by atoms with Gasteiger partial charge in [0.15, 0.2) is 0 Å². The Hall–Kier alpha value is -3.17. The van der Waals surface area contributed by atoms with E-state index in [0.29, 0.717) is 36.7 Å². The zero-order valence-corrected chi connectivity index (χ0v) is 17.8. The lowest BCUT2D eigenvalue weighted by atomic mass is 10.2. The van der Waals surface area contributed by atoms with Gasteiger partial charge in [-0.15, -0.1) is 0 Å². The number of carbonyl (C=O) groups is 1. The van der Waals surface area contributed by atoms with Crippen molar-refractivity contribution in [1.29, 1.82) is 0 Å². The van der Waals surface area contributed by atoms with E-state index in [2.05, 4.69) is 20.2 Å². The molecule has 1 aliphatic heterocycles. The molecule has 1 fully saturated rings. The van der Waals surface area contributed by atoms with Gasteiger partial charge in [0.05, 0.1) is 18.1 Å². The number of nitrogens with zero attached hydrogens (tertiary/aromatic N) is 7. The van der Waals surface area contributed by atoms with Crippen molar-refractivity contribution in [3.63, 3.8) is 0 Å². The molecule has 1 amide bonds. The summed E-state index contributed by atoms with van der Waals surface area (Å²) in [5.41, 5.74) is 1.64. The normalized spacial score (nSPS) is 17.7. The quantitative estimate of drug-likeness (QED) is 0.651. The Morgan fingerprint density at radius 2 is 2.00 bits per heavy atom. The van der Waals surface area contributed by atoms with Gasteiger partial charge in [-0.3, -0.25) is 4.68 Å². The Bertz CT molecular complexity index is 1040. The van der Waals surface area contributed by atoms with Crippen molar-refractivity contribution in [2.75, 3.05) is 13.1 Å². The van der Waals surface area contributed by atoms with E-state index in [1.54, 1.807) is 20.3 Å². The van der Waals surface area contributed by atoms with Crippen molar-refractivity contribution >= 4 is 11.7 Å². The van der Waals surface area contributed by atoms with Crippen molar-refractivity contribution in [2.45, 2.75) is 51.7 Å². The minimum absolute atomic E-state index is 0.0745. The molecule has 0 bridgehead atoms. The van der Waals surface area contributed by atoms with Crippen LogP contribution in [0.15, 0.2) is 24.9 Å². The average molecular weight is 413 g/mol. The van der Waals surface area contributed by atoms with E-state index in [-0.39, 0.29) is 12.2 Å². The second kappa shape index (κ2) is 7.92. The largest absolute Gasteiger partial charge is 0.472 e. The van der Waals surface area contributed by atoms with Gasteiger partial charge in [0.1, 0.15) is 18.0 Å². The minimum Gasteiger partial charge on any atom is -0.472 e. The Labute approximate surface area is 174 Å². The summed E-state index contributed by atoms with van der Waals surface area (Å²) in [5, 5.41) is 8.45. The molecule has 3 aromatic rings. The molecule has 4 rings (SSSR count). The summed E-state index contributed by atoms with van der Waals surface area (Å²) in [7, 11) is 1.86. The Morgan fingerprint density at radius 3 is 2.73 bits per heavy atom. The van der Waals surface area contributed by atoms with Crippen molar-refractivity contribution in [3.05, 3.63) is 24.9 Å². The molecular weight excluding hydrogens is 386 g/mol. The fourth-order valence-electron chi connectivity index (χ4n) is 3.42. The standard InChI is InChI=1S/C20H27N7O3/c1-20(2,3)30-19(28)26-8-5-6-15(7-9-26)29-18-17-21-13-23-27(17)12-16(24-18)14-10-22-25(4)11-14/h10-13,15H,5-9H2,1-4H3. The second-order valence-corrected chi connectivity index (χ2v) is 8.50. The number of carbonyl (C=O) groups excluding carboxylic acids is 1. The summed E-state index contributed by atoms with van der Waals surface area (Å²) in [5.74, 6) is 0.435. The monoisotopic (exact) mass is 413 g/mol. The van der Waals surface area contributed by atoms with Gasteiger partial charge in [-0.2, -0.15) is 10.2 Å². The van der Waals surface area contributed by atoms with Gasteiger partial charge in [0.25, 0.3) is 5.88 Å². The first-order chi connectivity index (χ1) is 14.3. The molecule has 1 atom stereocenters. The van der Waals surface area contributed by atoms with Crippen LogP contribution < -0.4 is 4.74 Å². The van der Waals surface area contributed by atoms with Gasteiger partial charge < -0.3 is 14.4 Å². The van der Waals surface area contributed by atoms with E-state index in [0.717, 1.165) is 18.4 Å². The second-order valence-electron chi connectivity index (χ2n) is 8.50. The molecule has 1 saturated heterocycles. The molecule has 10 heteroatoms. The predicted molar refractivity (Wildman–Crippen MR) is 109 cm³/mol. The highest BCUT2D eigenvalue weighted by molar-refractivity contribution is 5.68. The van der Waals surface area contributed by atoms with Gasteiger partial charge in [-0.1, -0.05) is 0 Å². The van der Waals surface area contributed by atoms with Crippen molar-refractivity contribution in [1.82, 2.24) is 34.3 Å². The van der Waals surface area contributed by atoms with Crippen LogP contribution in [0.4, 0.5) is 4.79 Å². The van der Waals surface area contributed by atoms with Crippen LogP contribution in [0, 0.1) is 0 Å². The maximum Gasteiger partial charge on any atom is 0.410 e. The number of hydrogen-bond acceptors (Lipinski definition) is 7. The molecule has 30 heavy (non-hydrogen) atoms. The molecule has 0 aromatic carbocycles. The molecule has 0 spiro atoms. The minimum atomic E-state index is -0.505. The van der Waals surface area contributed by atoms with Crippen LogP contribution in [0.5, 0.6) is 5.88 Å². The van der Waals surface area contributed by atoms with Crippen LogP contribution in [0.2, 0.25) is 0 Å². The zero-order valence-electron chi connectivity index (χ0n) is 17.8. The molecule has 0 N–H and O–H groups in total. The number of aryl methyl sites for hydroxylation is 1. The molecular formula is C20H27N7O3. The number of rotatable bonds is 3. The van der Waals surface area contributed by atoms with E-state index >= 15 is 0 Å². The average Bonchev–Trinajstić information content (AvgIpc) is 3.25. The number of ether oxygens (including phenoxy) is 2. The highest BCUT2D eigenvalue weighted by atomic mass is 16.6. The number of fused-ring (bicyclic) bond motifs is 1. The molecule has 3 aromatic heterocycles. The fraction of sp³-hybridized carbons (Fsp3) is 0.550. The molecule has 1 unspecified atom stereocenters. The van der Waals surface area contributed by atoms with E-state index in [1.165, 1.54) is 6.33 Å². The SMILES string of the molecule is Cn1cc(-c2cn3ncnc3c(OC3CCCN(C(=O)OC(C)(C)C)CC3)n2)cn1. The van der Waals surface area contributed by atoms with Gasteiger partial charge in [-0.25, -0.2) is 19.3 Å². The lowest BCUT2D eigenvalue weighted by Crippen LogP contribution is -2.37. The van der Waals surface area contributed by atoms with Gasteiger partial charge in [-0.05, 0) is 33.6 Å². The first-order valence-corrected chi connectivity index (χ1v) is 10.1. The lowest BCUT2D eigenvalue weighted by molar-refractivity contribution is 0.0252. The Kier molecular flexibility index (Phi) is 5.31. The predicted octanol–water partition coefficient (Wildman–Crippen LogP) is 2.69. The molecule has 0 aliphatic carbocycles. The first kappa shape index (κ1) is 20.1. The van der Waals surface area contributed by atoms with E-state index in [4.69, 9.17) is 9.47 Å². The maximum atomic E-state index is 12.4. The maximum absolute atomic E-state index is 12.4. The van der Waals surface area contributed by atoms with Crippen molar-refractivity contribution < 1.29 is 14.3 Å². The lowest BCUT2D eigenvalue weighted by Gasteiger charge is -2.26. The third-order valence-corrected chi connectivity index (χ3v) is 4.84. The number of hydrogen-bond donors (Lipinski definition) is 0. The first-order valence-electron chi connectivity index (χ1n) is 10.1. The van der Waals surface area contributed by atoms with Gasteiger partial charge >= 0.3 is 6.09 Å². The Morgan fingerprint density at radius 1 is 1.17 bits per heavy atom. The molecule has 4 heterocycles. The summed E-state index contributed by atoms with van der Waals surface area (Å²) in [4.78, 5) is 23.1. The molecule has 10 nitrogen and oxygen atoms in total. The van der Waals surface area contributed by atoms with Crippen LogP contribution in [-0.2, 0) is 11.8 Å². The third kappa shape index (κ3) is 4.52. The summed E-state index contributed by atoms with van der Waals surface area (Å²) >= 11 is 0. The number of amides is 1. The van der Waals surface area contributed by atoms with E-state index < -0.39 is 5.60 Å². The number of aromatic nitrogens is 6. The molecule has 0 saturated carbocycles. The van der Waals surface area contributed by atoms with Crippen LogP contribution in [0.1, 0.15) is 40.0 Å². The molecule has 160 valence electrons. The summed E-state index contributed by atoms with van der Waals surface area (Å²) in [6, 6.07) is 0. The van der Waals surface area contributed by atoms with E-state index in [9.17, 15) is 4.79 Å².